The van der Waals surface area contributed by atoms with Crippen molar-refractivity contribution in [1.29, 1.82) is 0 Å². The van der Waals surface area contributed by atoms with Crippen LogP contribution in [0.3, 0.4) is 0 Å². The summed E-state index contributed by atoms with van der Waals surface area (Å²) in [5.41, 5.74) is -1.24. The van der Waals surface area contributed by atoms with E-state index in [4.69, 9.17) is 0 Å². The highest BCUT2D eigenvalue weighted by atomic mass is 19.3. The Labute approximate surface area is 203 Å². The number of pyridine rings is 1. The molecule has 36 heavy (non-hydrogen) atoms. The second kappa shape index (κ2) is 9.90. The van der Waals surface area contributed by atoms with Gasteiger partial charge >= 0.3 is 12.1 Å². The van der Waals surface area contributed by atoms with Gasteiger partial charge in [0, 0.05) is 43.7 Å². The van der Waals surface area contributed by atoms with E-state index in [1.807, 2.05) is 0 Å². The number of alkyl carbamates (subject to hydrolysis) is 1. The number of amides is 3. The normalized spacial score (nSPS) is 20.8. The molecule has 0 unspecified atom stereocenters. The van der Waals surface area contributed by atoms with Gasteiger partial charge in [0.1, 0.15) is 11.4 Å². The first-order chi connectivity index (χ1) is 17.0. The molecule has 2 aromatic rings. The average molecular weight is 516 g/mol. The smallest absolute Gasteiger partial charge is 0.406 e. The summed E-state index contributed by atoms with van der Waals surface area (Å²) in [6, 6.07) is -0.265. The minimum Gasteiger partial charge on any atom is -0.453 e. The molecule has 2 aliphatic rings. The number of alkyl halides is 4. The molecule has 2 aromatic heterocycles. The third-order valence-corrected chi connectivity index (χ3v) is 6.47. The number of ether oxygens (including phenoxy) is 1. The lowest BCUT2D eigenvalue weighted by Gasteiger charge is -2.33. The van der Waals surface area contributed by atoms with Crippen LogP contribution in [0.15, 0.2) is 12.3 Å². The summed E-state index contributed by atoms with van der Waals surface area (Å²) in [5.74, 6) is -4.90. The van der Waals surface area contributed by atoms with Gasteiger partial charge in [-0.25, -0.2) is 22.8 Å². The number of hydrogen-bond acceptors (Lipinski definition) is 5. The van der Waals surface area contributed by atoms with Gasteiger partial charge in [0.25, 0.3) is 12.3 Å². The summed E-state index contributed by atoms with van der Waals surface area (Å²) in [6.07, 6.45) is -3.06. The van der Waals surface area contributed by atoms with Crippen molar-refractivity contribution in [2.75, 3.05) is 19.0 Å². The first kappa shape index (κ1) is 25.6. The van der Waals surface area contributed by atoms with Crippen LogP contribution in [-0.4, -0.2) is 51.5 Å². The molecule has 14 heteroatoms. The summed E-state index contributed by atoms with van der Waals surface area (Å²) >= 11 is 0. The second-order valence-electron chi connectivity index (χ2n) is 8.91. The highest BCUT2D eigenvalue weighted by Gasteiger charge is 2.44. The van der Waals surface area contributed by atoms with E-state index in [1.165, 1.54) is 16.7 Å². The molecule has 9 nitrogen and oxygen atoms in total. The summed E-state index contributed by atoms with van der Waals surface area (Å²) in [5, 5.41) is 9.18. The maximum absolute atomic E-state index is 15.2. The molecule has 0 aromatic carbocycles. The van der Waals surface area contributed by atoms with Crippen molar-refractivity contribution in [3.05, 3.63) is 40.7 Å². The molecule has 0 saturated carbocycles. The Morgan fingerprint density at radius 1 is 1.33 bits per heavy atom. The first-order valence-electron chi connectivity index (χ1n) is 11.3. The van der Waals surface area contributed by atoms with Crippen molar-refractivity contribution in [3.63, 3.8) is 0 Å². The first-order valence-corrected chi connectivity index (χ1v) is 11.3. The molecule has 3 amide bonds. The van der Waals surface area contributed by atoms with E-state index in [9.17, 15) is 22.8 Å². The molecule has 0 saturated heterocycles. The number of nitrogens with one attached hydrogen (secondary N) is 2. The van der Waals surface area contributed by atoms with Crippen LogP contribution in [0.1, 0.15) is 48.8 Å². The minimum atomic E-state index is -3.23. The lowest BCUT2D eigenvalue weighted by atomic mass is 9.95. The number of anilines is 1. The van der Waals surface area contributed by atoms with Gasteiger partial charge in [0.05, 0.1) is 25.0 Å². The standard InChI is InChI=1S/C22H25F5N6O3/c1-11-7-15-13(10-32(11)20(34)30-14-4-6-28-17(16(14)23)19(24)25)18-22(26,27)5-3-12(9-33(18)31-15)8-29-21(35)36-2/h4,6,11-12,19H,3,5,7-10H2,1-2H3,(H,29,35)(H,28,30,34)/t11-,12-/m1/s1. The summed E-state index contributed by atoms with van der Waals surface area (Å²) in [7, 11) is 1.21. The fourth-order valence-electron chi connectivity index (χ4n) is 4.61. The van der Waals surface area contributed by atoms with Crippen LogP contribution in [0.25, 0.3) is 0 Å². The molecular formula is C22H25F5N6O3. The van der Waals surface area contributed by atoms with Crippen molar-refractivity contribution < 1.29 is 36.3 Å². The Morgan fingerprint density at radius 3 is 2.78 bits per heavy atom. The lowest BCUT2D eigenvalue weighted by Crippen LogP contribution is -2.45. The van der Waals surface area contributed by atoms with Gasteiger partial charge in [-0.05, 0) is 25.3 Å². The highest BCUT2D eigenvalue weighted by molar-refractivity contribution is 5.90. The zero-order chi connectivity index (χ0) is 26.2. The zero-order valence-electron chi connectivity index (χ0n) is 19.5. The number of hydrogen-bond donors (Lipinski definition) is 2. The van der Waals surface area contributed by atoms with Crippen LogP contribution in [0, 0.1) is 11.7 Å². The van der Waals surface area contributed by atoms with Crippen molar-refractivity contribution >= 4 is 17.8 Å². The number of rotatable bonds is 4. The second-order valence-corrected chi connectivity index (χ2v) is 8.91. The van der Waals surface area contributed by atoms with Crippen molar-refractivity contribution in [2.24, 2.45) is 5.92 Å². The molecule has 0 radical (unpaired) electrons. The highest BCUT2D eigenvalue weighted by Crippen LogP contribution is 2.42. The van der Waals surface area contributed by atoms with Crippen LogP contribution in [0.4, 0.5) is 37.2 Å². The number of carbonyl (C=O) groups is 2. The monoisotopic (exact) mass is 516 g/mol. The zero-order valence-corrected chi connectivity index (χ0v) is 19.5. The van der Waals surface area contributed by atoms with Crippen molar-refractivity contribution in [1.82, 2.24) is 25.0 Å². The third-order valence-electron chi connectivity index (χ3n) is 6.47. The summed E-state index contributed by atoms with van der Waals surface area (Å²) in [4.78, 5) is 28.9. The Kier molecular flexibility index (Phi) is 7.05. The molecule has 0 fully saturated rings. The van der Waals surface area contributed by atoms with Gasteiger partial charge in [-0.3, -0.25) is 9.67 Å². The molecule has 2 N–H and O–H groups in total. The van der Waals surface area contributed by atoms with Crippen molar-refractivity contribution in [3.8, 4) is 0 Å². The largest absolute Gasteiger partial charge is 0.453 e. The Hall–Kier alpha value is -3.45. The van der Waals surface area contributed by atoms with Crippen molar-refractivity contribution in [2.45, 2.75) is 57.7 Å². The molecule has 0 bridgehead atoms. The third kappa shape index (κ3) is 4.93. The number of methoxy groups -OCH3 is 1. The van der Waals surface area contributed by atoms with E-state index in [1.54, 1.807) is 6.92 Å². The SMILES string of the molecule is COC(=O)NC[C@H]1CCC(F)(F)c2c3c(nn2C1)C[C@@H](C)N(C(=O)Nc1ccnc(C(F)F)c1F)C3. The van der Waals surface area contributed by atoms with E-state index in [2.05, 4.69) is 25.5 Å². The molecule has 0 spiro atoms. The number of halogens is 5. The van der Waals surface area contributed by atoms with Crippen LogP contribution in [0.5, 0.6) is 0 Å². The molecule has 0 aliphatic carbocycles. The van der Waals surface area contributed by atoms with Gasteiger partial charge in [-0.1, -0.05) is 0 Å². The van der Waals surface area contributed by atoms with Crippen LogP contribution in [-0.2, 0) is 30.2 Å². The number of urea groups is 1. The van der Waals surface area contributed by atoms with E-state index >= 15 is 8.78 Å². The van der Waals surface area contributed by atoms with E-state index in [0.29, 0.717) is 5.69 Å². The molecular weight excluding hydrogens is 491 g/mol. The van der Waals surface area contributed by atoms with E-state index < -0.39 is 54.1 Å². The van der Waals surface area contributed by atoms with Gasteiger partial charge in [0.15, 0.2) is 5.82 Å². The summed E-state index contributed by atoms with van der Waals surface area (Å²) in [6.45, 7) is 1.74. The maximum atomic E-state index is 15.2. The van der Waals surface area contributed by atoms with Gasteiger partial charge in [0.2, 0.25) is 0 Å². The Morgan fingerprint density at radius 2 is 2.08 bits per heavy atom. The predicted molar refractivity (Wildman–Crippen MR) is 116 cm³/mol. The Bertz CT molecular complexity index is 1160. The molecule has 2 aliphatic heterocycles. The molecule has 2 atom stereocenters. The summed E-state index contributed by atoms with van der Waals surface area (Å²) < 4.78 is 76.5. The number of nitrogens with zero attached hydrogens (tertiary/aromatic N) is 4. The van der Waals surface area contributed by atoms with E-state index in [0.717, 1.165) is 12.3 Å². The molecule has 4 rings (SSSR count). The van der Waals surface area contributed by atoms with Gasteiger partial charge in [-0.15, -0.1) is 0 Å². The number of fused-ring (bicyclic) bond motifs is 3. The fourth-order valence-corrected chi connectivity index (χ4v) is 4.61. The van der Waals surface area contributed by atoms with Gasteiger partial charge in [-0.2, -0.15) is 13.9 Å². The number of aromatic nitrogens is 3. The predicted octanol–water partition coefficient (Wildman–Crippen LogP) is 4.19. The fraction of sp³-hybridized carbons (Fsp3) is 0.545. The van der Waals surface area contributed by atoms with Crippen LogP contribution < -0.4 is 10.6 Å². The van der Waals surface area contributed by atoms with Crippen LogP contribution in [0.2, 0.25) is 0 Å². The minimum absolute atomic E-state index is 0.128. The van der Waals surface area contributed by atoms with Crippen LogP contribution >= 0.6 is 0 Å². The van der Waals surface area contributed by atoms with E-state index in [-0.39, 0.29) is 49.7 Å². The molecule has 196 valence electrons. The molecule has 4 heterocycles. The average Bonchev–Trinajstić information content (AvgIpc) is 3.12. The number of carbonyl (C=O) groups excluding carboxylic acids is 2. The maximum Gasteiger partial charge on any atom is 0.406 e. The Balaban J connectivity index is 1.57. The topological polar surface area (TPSA) is 101 Å². The lowest BCUT2D eigenvalue weighted by molar-refractivity contribution is -0.0219. The van der Waals surface area contributed by atoms with Gasteiger partial charge < -0.3 is 20.3 Å². The quantitative estimate of drug-likeness (QED) is 0.594.